The first kappa shape index (κ1) is 20.4. The van der Waals surface area contributed by atoms with E-state index in [9.17, 15) is 4.79 Å². The van der Waals surface area contributed by atoms with Crippen molar-refractivity contribution in [2.75, 3.05) is 12.4 Å². The Morgan fingerprint density at radius 3 is 2.61 bits per heavy atom. The molecule has 0 bridgehead atoms. The van der Waals surface area contributed by atoms with Gasteiger partial charge in [0.15, 0.2) is 5.58 Å². The molecule has 0 fully saturated rings. The molecule has 4 rings (SSSR count). The van der Waals surface area contributed by atoms with Crippen LogP contribution >= 0.6 is 0 Å². The fourth-order valence-electron chi connectivity index (χ4n) is 3.24. The maximum atomic E-state index is 12.4. The van der Waals surface area contributed by atoms with E-state index < -0.39 is 0 Å². The van der Waals surface area contributed by atoms with Crippen molar-refractivity contribution in [3.8, 4) is 17.2 Å². The van der Waals surface area contributed by atoms with Gasteiger partial charge < -0.3 is 14.5 Å². The third-order valence-corrected chi connectivity index (χ3v) is 5.00. The number of amides is 1. The maximum Gasteiger partial charge on any atom is 0.248 e. The normalized spacial score (nSPS) is 11.4. The first-order valence-electron chi connectivity index (χ1n) is 10.2. The van der Waals surface area contributed by atoms with Crippen molar-refractivity contribution in [3.63, 3.8) is 0 Å². The fourth-order valence-corrected chi connectivity index (χ4v) is 3.24. The number of rotatable bonds is 6. The number of ether oxygens (including phenoxy) is 1. The first-order chi connectivity index (χ1) is 15.0. The number of benzene rings is 3. The van der Waals surface area contributed by atoms with Crippen LogP contribution in [0.3, 0.4) is 0 Å². The van der Waals surface area contributed by atoms with E-state index in [1.165, 1.54) is 11.6 Å². The number of anilines is 1. The van der Waals surface area contributed by atoms with Gasteiger partial charge in [0.2, 0.25) is 11.8 Å². The molecule has 0 saturated heterocycles. The second-order valence-electron chi connectivity index (χ2n) is 7.58. The highest BCUT2D eigenvalue weighted by Crippen LogP contribution is 2.28. The van der Waals surface area contributed by atoms with Crippen LogP contribution in [0.4, 0.5) is 5.69 Å². The number of aromatic nitrogens is 1. The fraction of sp³-hybridized carbons (Fsp3) is 0.154. The van der Waals surface area contributed by atoms with Crippen LogP contribution in [-0.2, 0) is 4.79 Å². The minimum absolute atomic E-state index is 0.201. The molecule has 0 aliphatic heterocycles. The second kappa shape index (κ2) is 8.88. The summed E-state index contributed by atoms with van der Waals surface area (Å²) in [6.07, 6.45) is 3.33. The molecule has 5 nitrogen and oxygen atoms in total. The summed E-state index contributed by atoms with van der Waals surface area (Å²) in [4.78, 5) is 16.9. The Morgan fingerprint density at radius 2 is 1.87 bits per heavy atom. The number of hydrogen-bond acceptors (Lipinski definition) is 4. The summed E-state index contributed by atoms with van der Waals surface area (Å²) in [5.41, 5.74) is 5.10. The van der Waals surface area contributed by atoms with Crippen molar-refractivity contribution in [1.29, 1.82) is 0 Å². The third kappa shape index (κ3) is 4.83. The summed E-state index contributed by atoms with van der Waals surface area (Å²) in [6, 6.07) is 21.1. The number of nitrogens with one attached hydrogen (secondary N) is 1. The largest absolute Gasteiger partial charge is 0.497 e. The number of oxazole rings is 1. The van der Waals surface area contributed by atoms with Gasteiger partial charge in [-0.1, -0.05) is 44.2 Å². The van der Waals surface area contributed by atoms with Crippen LogP contribution in [-0.4, -0.2) is 18.0 Å². The molecule has 0 radical (unpaired) electrons. The quantitative estimate of drug-likeness (QED) is 0.379. The lowest BCUT2D eigenvalue weighted by molar-refractivity contribution is -0.111. The van der Waals surface area contributed by atoms with Gasteiger partial charge in [-0.25, -0.2) is 4.98 Å². The molecular weight excluding hydrogens is 388 g/mol. The van der Waals surface area contributed by atoms with Gasteiger partial charge >= 0.3 is 0 Å². The van der Waals surface area contributed by atoms with Gasteiger partial charge in [0.25, 0.3) is 0 Å². The SMILES string of the molecule is COc1ccc2oc(-c3cccc(NC(=O)C=Cc4ccc(C(C)C)cc4)c3)nc2c1. The van der Waals surface area contributed by atoms with E-state index in [1.807, 2.05) is 54.6 Å². The standard InChI is InChI=1S/C26H24N2O3/c1-17(2)19-10-7-18(8-11-19)9-14-25(29)27-21-6-4-5-20(15-21)26-28-23-16-22(30-3)12-13-24(23)31-26/h4-17H,1-3H3,(H,27,29). The Hall–Kier alpha value is -3.86. The van der Waals surface area contributed by atoms with Crippen LogP contribution in [0.5, 0.6) is 5.75 Å². The van der Waals surface area contributed by atoms with E-state index >= 15 is 0 Å². The molecule has 5 heteroatoms. The van der Waals surface area contributed by atoms with E-state index in [-0.39, 0.29) is 5.91 Å². The van der Waals surface area contributed by atoms with Gasteiger partial charge in [-0.2, -0.15) is 0 Å². The molecule has 0 unspecified atom stereocenters. The van der Waals surface area contributed by atoms with Crippen LogP contribution in [0.15, 0.2) is 77.2 Å². The van der Waals surface area contributed by atoms with Crippen molar-refractivity contribution >= 4 is 28.8 Å². The lowest BCUT2D eigenvalue weighted by Gasteiger charge is -2.05. The summed E-state index contributed by atoms with van der Waals surface area (Å²) in [7, 11) is 1.61. The van der Waals surface area contributed by atoms with E-state index in [1.54, 1.807) is 13.2 Å². The van der Waals surface area contributed by atoms with Crippen LogP contribution in [0, 0.1) is 0 Å². The van der Waals surface area contributed by atoms with E-state index in [2.05, 4.69) is 36.3 Å². The molecule has 1 aromatic heterocycles. The molecule has 1 N–H and O–H groups in total. The molecular formula is C26H24N2O3. The van der Waals surface area contributed by atoms with Crippen LogP contribution in [0.2, 0.25) is 0 Å². The second-order valence-corrected chi connectivity index (χ2v) is 7.58. The van der Waals surface area contributed by atoms with Crippen molar-refractivity contribution in [2.24, 2.45) is 0 Å². The highest BCUT2D eigenvalue weighted by atomic mass is 16.5. The highest BCUT2D eigenvalue weighted by molar-refractivity contribution is 6.02. The Labute approximate surface area is 181 Å². The molecule has 0 aliphatic rings. The lowest BCUT2D eigenvalue weighted by atomic mass is 10.0. The maximum absolute atomic E-state index is 12.4. The molecule has 0 atom stereocenters. The molecule has 0 spiro atoms. The molecule has 0 saturated carbocycles. The summed E-state index contributed by atoms with van der Waals surface area (Å²) in [5, 5.41) is 2.89. The zero-order chi connectivity index (χ0) is 21.8. The van der Waals surface area contributed by atoms with Gasteiger partial charge in [0.05, 0.1) is 7.11 Å². The highest BCUT2D eigenvalue weighted by Gasteiger charge is 2.10. The van der Waals surface area contributed by atoms with E-state index in [0.717, 1.165) is 22.4 Å². The Morgan fingerprint density at radius 1 is 1.06 bits per heavy atom. The Balaban J connectivity index is 1.47. The van der Waals surface area contributed by atoms with Gasteiger partial charge in [-0.15, -0.1) is 0 Å². The number of nitrogens with zero attached hydrogens (tertiary/aromatic N) is 1. The zero-order valence-electron chi connectivity index (χ0n) is 17.8. The average Bonchev–Trinajstić information content (AvgIpc) is 3.21. The topological polar surface area (TPSA) is 64.4 Å². The van der Waals surface area contributed by atoms with Gasteiger partial charge in [0, 0.05) is 23.4 Å². The third-order valence-electron chi connectivity index (χ3n) is 5.00. The number of carbonyl (C=O) groups excluding carboxylic acids is 1. The minimum Gasteiger partial charge on any atom is -0.497 e. The van der Waals surface area contributed by atoms with Crippen molar-refractivity contribution in [1.82, 2.24) is 4.98 Å². The lowest BCUT2D eigenvalue weighted by Crippen LogP contribution is -2.07. The predicted octanol–water partition coefficient (Wildman–Crippen LogP) is 6.28. The summed E-state index contributed by atoms with van der Waals surface area (Å²) in [6.45, 7) is 4.31. The van der Waals surface area contributed by atoms with Gasteiger partial charge in [-0.05, 0) is 53.5 Å². The van der Waals surface area contributed by atoms with Gasteiger partial charge in [0.1, 0.15) is 11.3 Å². The average molecular weight is 412 g/mol. The Bertz CT molecular complexity index is 1240. The predicted molar refractivity (Wildman–Crippen MR) is 124 cm³/mol. The van der Waals surface area contributed by atoms with Crippen molar-refractivity contribution in [3.05, 3.63) is 83.9 Å². The molecule has 31 heavy (non-hydrogen) atoms. The zero-order valence-corrected chi connectivity index (χ0v) is 17.8. The van der Waals surface area contributed by atoms with E-state index in [0.29, 0.717) is 23.1 Å². The number of fused-ring (bicyclic) bond motifs is 1. The number of hydrogen-bond donors (Lipinski definition) is 1. The summed E-state index contributed by atoms with van der Waals surface area (Å²) in [5.74, 6) is 1.49. The molecule has 156 valence electrons. The van der Waals surface area contributed by atoms with Crippen molar-refractivity contribution < 1.29 is 13.9 Å². The van der Waals surface area contributed by atoms with Crippen molar-refractivity contribution in [2.45, 2.75) is 19.8 Å². The smallest absolute Gasteiger partial charge is 0.248 e. The van der Waals surface area contributed by atoms with Crippen LogP contribution in [0.1, 0.15) is 30.9 Å². The van der Waals surface area contributed by atoms with Crippen LogP contribution < -0.4 is 10.1 Å². The van der Waals surface area contributed by atoms with Gasteiger partial charge in [-0.3, -0.25) is 4.79 Å². The first-order valence-corrected chi connectivity index (χ1v) is 10.2. The monoisotopic (exact) mass is 412 g/mol. The molecule has 4 aromatic rings. The molecule has 3 aromatic carbocycles. The Kier molecular flexibility index (Phi) is 5.85. The minimum atomic E-state index is -0.201. The molecule has 1 heterocycles. The van der Waals surface area contributed by atoms with Crippen LogP contribution in [0.25, 0.3) is 28.6 Å². The molecule has 1 amide bonds. The van der Waals surface area contributed by atoms with E-state index in [4.69, 9.17) is 9.15 Å². The molecule has 0 aliphatic carbocycles. The summed E-state index contributed by atoms with van der Waals surface area (Å²) >= 11 is 0. The number of methoxy groups -OCH3 is 1. The summed E-state index contributed by atoms with van der Waals surface area (Å²) < 4.78 is 11.1. The number of carbonyl (C=O) groups is 1.